The number of Topliss-reactive ketones (excluding diaryl/α,β-unsaturated/α-hetero) is 1. The van der Waals surface area contributed by atoms with Crippen molar-refractivity contribution in [1.82, 2.24) is 4.98 Å². The maximum Gasteiger partial charge on any atom is 0.349 e. The highest BCUT2D eigenvalue weighted by atomic mass is 32.1. The third kappa shape index (κ3) is 4.40. The molecule has 0 unspecified atom stereocenters. The van der Waals surface area contributed by atoms with Gasteiger partial charge in [-0.15, -0.1) is 11.3 Å². The molecule has 0 bridgehead atoms. The zero-order valence-corrected chi connectivity index (χ0v) is 18.0. The molecule has 0 aliphatic rings. The SMILES string of the molecule is Cc1cc(NC(=O)C(C)(C)C)sc1C(=O)OCC(=O)c1c(C)[nH]c2ccccc12. The van der Waals surface area contributed by atoms with Crippen molar-refractivity contribution in [3.8, 4) is 0 Å². The fourth-order valence-corrected chi connectivity index (χ4v) is 3.91. The topological polar surface area (TPSA) is 88.3 Å². The van der Waals surface area contributed by atoms with Crippen LogP contribution < -0.4 is 5.32 Å². The summed E-state index contributed by atoms with van der Waals surface area (Å²) in [6.07, 6.45) is 0. The number of aromatic nitrogens is 1. The van der Waals surface area contributed by atoms with Gasteiger partial charge in [0.1, 0.15) is 4.88 Å². The normalized spacial score (nSPS) is 11.5. The first-order valence-corrected chi connectivity index (χ1v) is 10.1. The fourth-order valence-electron chi connectivity index (χ4n) is 2.95. The van der Waals surface area contributed by atoms with Gasteiger partial charge < -0.3 is 15.0 Å². The number of para-hydroxylation sites is 1. The van der Waals surface area contributed by atoms with Gasteiger partial charge in [0, 0.05) is 27.6 Å². The number of carbonyl (C=O) groups is 3. The minimum atomic E-state index is -0.574. The van der Waals surface area contributed by atoms with Crippen molar-refractivity contribution in [3.63, 3.8) is 0 Å². The fraction of sp³-hybridized carbons (Fsp3) is 0.318. The van der Waals surface area contributed by atoms with Crippen LogP contribution in [0.3, 0.4) is 0 Å². The summed E-state index contributed by atoms with van der Waals surface area (Å²) in [6.45, 7) is 8.69. The predicted octanol–water partition coefficient (Wildman–Crippen LogP) is 4.87. The Morgan fingerprint density at radius 2 is 1.83 bits per heavy atom. The molecule has 152 valence electrons. The Morgan fingerprint density at radius 1 is 1.14 bits per heavy atom. The third-order valence-corrected chi connectivity index (χ3v) is 5.66. The average Bonchev–Trinajstić information content (AvgIpc) is 3.17. The lowest BCUT2D eigenvalue weighted by molar-refractivity contribution is -0.123. The summed E-state index contributed by atoms with van der Waals surface area (Å²) in [5.74, 6) is -0.970. The number of esters is 1. The first-order chi connectivity index (χ1) is 13.6. The zero-order valence-electron chi connectivity index (χ0n) is 17.1. The van der Waals surface area contributed by atoms with E-state index >= 15 is 0 Å². The summed E-state index contributed by atoms with van der Waals surface area (Å²) in [7, 11) is 0. The van der Waals surface area contributed by atoms with E-state index in [9.17, 15) is 14.4 Å². The van der Waals surface area contributed by atoms with E-state index in [1.807, 2.05) is 52.0 Å². The number of aromatic amines is 1. The maximum absolute atomic E-state index is 12.7. The number of rotatable bonds is 5. The highest BCUT2D eigenvalue weighted by Gasteiger charge is 2.24. The molecule has 0 aliphatic heterocycles. The smallest absolute Gasteiger partial charge is 0.349 e. The Balaban J connectivity index is 1.70. The number of amides is 1. The molecule has 0 spiro atoms. The molecule has 6 nitrogen and oxygen atoms in total. The lowest BCUT2D eigenvalue weighted by Crippen LogP contribution is -2.27. The number of hydrogen-bond acceptors (Lipinski definition) is 5. The predicted molar refractivity (Wildman–Crippen MR) is 115 cm³/mol. The number of carbonyl (C=O) groups excluding carboxylic acids is 3. The number of aryl methyl sites for hydroxylation is 2. The van der Waals surface area contributed by atoms with Crippen molar-refractivity contribution < 1.29 is 19.1 Å². The molecule has 2 aromatic heterocycles. The van der Waals surface area contributed by atoms with E-state index in [1.54, 1.807) is 13.0 Å². The molecule has 0 saturated carbocycles. The van der Waals surface area contributed by atoms with Crippen LogP contribution in [0.4, 0.5) is 5.00 Å². The Hall–Kier alpha value is -2.93. The molecule has 0 radical (unpaired) electrons. The summed E-state index contributed by atoms with van der Waals surface area (Å²) in [5.41, 5.74) is 2.30. The molecule has 0 fully saturated rings. The third-order valence-electron chi connectivity index (χ3n) is 4.53. The molecular formula is C22H24N2O4S. The van der Waals surface area contributed by atoms with E-state index in [1.165, 1.54) is 0 Å². The van der Waals surface area contributed by atoms with E-state index in [4.69, 9.17) is 4.74 Å². The molecule has 29 heavy (non-hydrogen) atoms. The van der Waals surface area contributed by atoms with Crippen LogP contribution in [-0.2, 0) is 9.53 Å². The number of H-pyrrole nitrogens is 1. The minimum absolute atomic E-state index is 0.136. The Bertz CT molecular complexity index is 1100. The monoisotopic (exact) mass is 412 g/mol. The van der Waals surface area contributed by atoms with Gasteiger partial charge in [0.15, 0.2) is 6.61 Å². The number of ether oxygens (including phenoxy) is 1. The summed E-state index contributed by atoms with van der Waals surface area (Å²) in [5, 5.41) is 4.20. The molecule has 2 heterocycles. The molecule has 7 heteroatoms. The maximum atomic E-state index is 12.7. The van der Waals surface area contributed by atoms with Crippen molar-refractivity contribution in [2.75, 3.05) is 11.9 Å². The van der Waals surface area contributed by atoms with Crippen LogP contribution in [0.5, 0.6) is 0 Å². The second-order valence-electron chi connectivity index (χ2n) is 8.00. The second-order valence-corrected chi connectivity index (χ2v) is 9.05. The van der Waals surface area contributed by atoms with Gasteiger partial charge in [0.05, 0.1) is 5.00 Å². The second kappa shape index (κ2) is 7.83. The van der Waals surface area contributed by atoms with Crippen LogP contribution in [0.1, 0.15) is 52.1 Å². The largest absolute Gasteiger partial charge is 0.453 e. The van der Waals surface area contributed by atoms with Gasteiger partial charge in [-0.05, 0) is 31.5 Å². The zero-order chi connectivity index (χ0) is 21.3. The summed E-state index contributed by atoms with van der Waals surface area (Å²) < 4.78 is 5.28. The molecule has 0 aliphatic carbocycles. The van der Waals surface area contributed by atoms with Crippen molar-refractivity contribution in [2.24, 2.45) is 5.41 Å². The number of anilines is 1. The molecule has 1 amide bonds. The standard InChI is InChI=1S/C22H24N2O4S/c1-12-10-17(24-21(27)22(3,4)5)29-19(12)20(26)28-11-16(25)18-13(2)23-15-9-7-6-8-14(15)18/h6-10,23H,11H2,1-5H3,(H,24,27). The van der Waals surface area contributed by atoms with Gasteiger partial charge in [0.2, 0.25) is 11.7 Å². The number of fused-ring (bicyclic) bond motifs is 1. The van der Waals surface area contributed by atoms with Crippen molar-refractivity contribution in [1.29, 1.82) is 0 Å². The lowest BCUT2D eigenvalue weighted by Gasteiger charge is -2.16. The van der Waals surface area contributed by atoms with Crippen molar-refractivity contribution in [2.45, 2.75) is 34.6 Å². The Morgan fingerprint density at radius 3 is 2.52 bits per heavy atom. The van der Waals surface area contributed by atoms with Gasteiger partial charge in [-0.1, -0.05) is 39.0 Å². The first kappa shape index (κ1) is 20.8. The van der Waals surface area contributed by atoms with Crippen LogP contribution in [0.15, 0.2) is 30.3 Å². The number of thiophene rings is 1. The summed E-state index contributed by atoms with van der Waals surface area (Å²) >= 11 is 1.14. The van der Waals surface area contributed by atoms with Gasteiger partial charge in [0.25, 0.3) is 0 Å². The van der Waals surface area contributed by atoms with E-state index < -0.39 is 11.4 Å². The lowest BCUT2D eigenvalue weighted by atomic mass is 9.96. The highest BCUT2D eigenvalue weighted by molar-refractivity contribution is 7.18. The number of benzene rings is 1. The number of ketones is 1. The van der Waals surface area contributed by atoms with Crippen LogP contribution in [0, 0.1) is 19.3 Å². The molecular weight excluding hydrogens is 388 g/mol. The summed E-state index contributed by atoms with van der Waals surface area (Å²) in [4.78, 5) is 40.9. The number of hydrogen-bond donors (Lipinski definition) is 2. The van der Waals surface area contributed by atoms with Gasteiger partial charge in [-0.3, -0.25) is 9.59 Å². The quantitative estimate of drug-likeness (QED) is 0.462. The Labute approximate surface area is 173 Å². The first-order valence-electron chi connectivity index (χ1n) is 9.27. The van der Waals surface area contributed by atoms with E-state index in [0.717, 1.165) is 27.9 Å². The van der Waals surface area contributed by atoms with Crippen LogP contribution in [0.2, 0.25) is 0 Å². The highest BCUT2D eigenvalue weighted by Crippen LogP contribution is 2.29. The average molecular weight is 413 g/mol. The van der Waals surface area contributed by atoms with Crippen LogP contribution in [-0.4, -0.2) is 29.3 Å². The molecule has 0 saturated heterocycles. The molecule has 0 atom stereocenters. The molecule has 3 rings (SSSR count). The van der Waals surface area contributed by atoms with E-state index in [2.05, 4.69) is 10.3 Å². The van der Waals surface area contributed by atoms with Crippen molar-refractivity contribution >= 4 is 44.9 Å². The Kier molecular flexibility index (Phi) is 5.61. The van der Waals surface area contributed by atoms with Gasteiger partial charge in [-0.25, -0.2) is 4.79 Å². The van der Waals surface area contributed by atoms with E-state index in [-0.39, 0.29) is 18.3 Å². The number of nitrogens with one attached hydrogen (secondary N) is 2. The molecule has 2 N–H and O–H groups in total. The summed E-state index contributed by atoms with van der Waals surface area (Å²) in [6, 6.07) is 9.24. The molecule has 1 aromatic carbocycles. The van der Waals surface area contributed by atoms with Crippen molar-refractivity contribution in [3.05, 3.63) is 52.0 Å². The van der Waals surface area contributed by atoms with Gasteiger partial charge in [-0.2, -0.15) is 0 Å². The molecule has 3 aromatic rings. The van der Waals surface area contributed by atoms with Crippen LogP contribution in [0.25, 0.3) is 10.9 Å². The van der Waals surface area contributed by atoms with Crippen LogP contribution >= 0.6 is 11.3 Å². The van der Waals surface area contributed by atoms with E-state index in [0.29, 0.717) is 21.0 Å². The minimum Gasteiger partial charge on any atom is -0.453 e. The van der Waals surface area contributed by atoms with Gasteiger partial charge >= 0.3 is 5.97 Å².